The maximum Gasteiger partial charge on any atom is 0.318 e. The van der Waals surface area contributed by atoms with Gasteiger partial charge in [0.15, 0.2) is 0 Å². The molecular formula is C21H23NO4. The fourth-order valence-electron chi connectivity index (χ4n) is 4.55. The number of nitrogens with zero attached hydrogens (tertiary/aromatic N) is 1. The number of methoxy groups -OCH3 is 1. The van der Waals surface area contributed by atoms with Crippen LogP contribution >= 0.6 is 0 Å². The first-order chi connectivity index (χ1) is 12.6. The van der Waals surface area contributed by atoms with Gasteiger partial charge in [0.25, 0.3) is 5.56 Å². The number of pyridine rings is 1. The number of aromatic nitrogens is 1. The lowest BCUT2D eigenvalue weighted by Gasteiger charge is -2.34. The average molecular weight is 353 g/mol. The van der Waals surface area contributed by atoms with E-state index in [9.17, 15) is 9.59 Å². The van der Waals surface area contributed by atoms with E-state index in [0.717, 1.165) is 47.4 Å². The minimum Gasteiger partial charge on any atom is -0.497 e. The topological polar surface area (TPSA) is 57.5 Å². The average Bonchev–Trinajstić information content (AvgIpc) is 3.07. The highest BCUT2D eigenvalue weighted by Gasteiger charge is 2.50. The second kappa shape index (κ2) is 6.31. The summed E-state index contributed by atoms with van der Waals surface area (Å²) in [6.07, 6.45) is 3.08. The number of carbonyl (C=O) groups excluding carboxylic acids is 1. The summed E-state index contributed by atoms with van der Waals surface area (Å²) >= 11 is 0. The van der Waals surface area contributed by atoms with Gasteiger partial charge in [-0.2, -0.15) is 0 Å². The molecule has 1 atom stereocenters. The highest BCUT2D eigenvalue weighted by atomic mass is 16.5. The van der Waals surface area contributed by atoms with Crippen molar-refractivity contribution in [1.82, 2.24) is 4.57 Å². The van der Waals surface area contributed by atoms with E-state index in [2.05, 4.69) is 0 Å². The third kappa shape index (κ3) is 2.37. The van der Waals surface area contributed by atoms with E-state index >= 15 is 0 Å². The van der Waals surface area contributed by atoms with Crippen molar-refractivity contribution >= 4 is 5.97 Å². The third-order valence-corrected chi connectivity index (χ3v) is 5.72. The zero-order valence-electron chi connectivity index (χ0n) is 15.2. The number of rotatable bonds is 4. The molecule has 0 fully saturated rings. The lowest BCUT2D eigenvalue weighted by molar-refractivity contribution is -0.151. The van der Waals surface area contributed by atoms with E-state index in [4.69, 9.17) is 9.47 Å². The molecule has 1 unspecified atom stereocenters. The Morgan fingerprint density at radius 2 is 2.00 bits per heavy atom. The molecule has 0 saturated carbocycles. The Morgan fingerprint density at radius 1 is 1.23 bits per heavy atom. The van der Waals surface area contributed by atoms with Crippen LogP contribution in [-0.2, 0) is 27.9 Å². The van der Waals surface area contributed by atoms with Gasteiger partial charge in [-0.3, -0.25) is 9.59 Å². The van der Waals surface area contributed by atoms with Crippen molar-refractivity contribution < 1.29 is 14.3 Å². The molecule has 2 heterocycles. The maximum absolute atomic E-state index is 12.8. The molecule has 0 saturated heterocycles. The van der Waals surface area contributed by atoms with Crippen molar-refractivity contribution in [1.29, 1.82) is 0 Å². The summed E-state index contributed by atoms with van der Waals surface area (Å²) in [4.78, 5) is 25.7. The summed E-state index contributed by atoms with van der Waals surface area (Å²) in [6, 6.07) is 9.44. The van der Waals surface area contributed by atoms with Crippen LogP contribution in [-0.4, -0.2) is 24.3 Å². The summed E-state index contributed by atoms with van der Waals surface area (Å²) < 4.78 is 12.4. The van der Waals surface area contributed by atoms with Crippen LogP contribution in [0.4, 0.5) is 0 Å². The highest BCUT2D eigenvalue weighted by Crippen LogP contribution is 2.48. The minimum atomic E-state index is -0.661. The molecule has 0 spiro atoms. The highest BCUT2D eigenvalue weighted by molar-refractivity contribution is 5.86. The second-order valence-electron chi connectivity index (χ2n) is 7.01. The first-order valence-electron chi connectivity index (χ1n) is 9.19. The Hall–Kier alpha value is -2.56. The molecule has 2 aromatic rings. The summed E-state index contributed by atoms with van der Waals surface area (Å²) in [5, 5.41) is 0. The fourth-order valence-corrected chi connectivity index (χ4v) is 4.55. The molecule has 1 aliphatic carbocycles. The quantitative estimate of drug-likeness (QED) is 0.793. The SMILES string of the molecule is CCOC(=O)C12CCCn3c1c(c(-c1ccc(OC)cc1)cc3=O)CC2. The van der Waals surface area contributed by atoms with Crippen molar-refractivity contribution in [2.45, 2.75) is 44.6 Å². The monoisotopic (exact) mass is 353 g/mol. The normalized spacial score (nSPS) is 20.5. The molecule has 2 aliphatic rings. The van der Waals surface area contributed by atoms with Crippen LogP contribution in [0.25, 0.3) is 11.1 Å². The van der Waals surface area contributed by atoms with Gasteiger partial charge in [-0.1, -0.05) is 12.1 Å². The Morgan fingerprint density at radius 3 is 2.69 bits per heavy atom. The predicted octanol–water partition coefficient (Wildman–Crippen LogP) is 3.06. The molecule has 0 N–H and O–H groups in total. The number of esters is 1. The van der Waals surface area contributed by atoms with Crippen molar-refractivity contribution in [2.75, 3.05) is 13.7 Å². The number of hydrogen-bond acceptors (Lipinski definition) is 4. The van der Waals surface area contributed by atoms with Gasteiger partial charge in [-0.15, -0.1) is 0 Å². The molecule has 1 aliphatic heterocycles. The zero-order chi connectivity index (χ0) is 18.3. The molecule has 0 bridgehead atoms. The van der Waals surface area contributed by atoms with Gasteiger partial charge in [-0.25, -0.2) is 0 Å². The van der Waals surface area contributed by atoms with E-state index in [1.54, 1.807) is 17.7 Å². The first kappa shape index (κ1) is 16.9. The number of ether oxygens (including phenoxy) is 2. The van der Waals surface area contributed by atoms with E-state index in [-0.39, 0.29) is 11.5 Å². The molecule has 136 valence electrons. The Bertz CT molecular complexity index is 913. The van der Waals surface area contributed by atoms with Crippen LogP contribution in [0.1, 0.15) is 37.4 Å². The summed E-state index contributed by atoms with van der Waals surface area (Å²) in [5.41, 5.74) is 3.21. The van der Waals surface area contributed by atoms with Gasteiger partial charge in [0.05, 0.1) is 13.7 Å². The molecule has 26 heavy (non-hydrogen) atoms. The molecule has 4 rings (SSSR count). The predicted molar refractivity (Wildman–Crippen MR) is 98.6 cm³/mol. The van der Waals surface area contributed by atoms with E-state index in [0.29, 0.717) is 19.6 Å². The summed E-state index contributed by atoms with van der Waals surface area (Å²) in [6.45, 7) is 2.86. The number of benzene rings is 1. The van der Waals surface area contributed by atoms with Gasteiger partial charge in [0.2, 0.25) is 0 Å². The van der Waals surface area contributed by atoms with Crippen LogP contribution in [0.2, 0.25) is 0 Å². The Labute approximate surface area is 152 Å². The van der Waals surface area contributed by atoms with E-state index in [1.807, 2.05) is 31.2 Å². The van der Waals surface area contributed by atoms with Gasteiger partial charge in [0.1, 0.15) is 11.2 Å². The van der Waals surface area contributed by atoms with Crippen LogP contribution in [0.5, 0.6) is 5.75 Å². The van der Waals surface area contributed by atoms with Crippen LogP contribution in [0, 0.1) is 0 Å². The standard InChI is InChI=1S/C21H23NO4/c1-3-26-20(24)21-10-4-12-22-18(23)13-17(16(9-11-21)19(21)22)14-5-7-15(25-2)8-6-14/h5-8,13H,3-4,9-12H2,1-2H3. The summed E-state index contributed by atoms with van der Waals surface area (Å²) in [7, 11) is 1.63. The molecule has 0 amide bonds. The lowest BCUT2D eigenvalue weighted by Crippen LogP contribution is -2.43. The van der Waals surface area contributed by atoms with Gasteiger partial charge >= 0.3 is 5.97 Å². The number of carbonyl (C=O) groups is 1. The van der Waals surface area contributed by atoms with Crippen LogP contribution in [0.3, 0.4) is 0 Å². The third-order valence-electron chi connectivity index (χ3n) is 5.72. The molecule has 5 heteroatoms. The number of hydrogen-bond donors (Lipinski definition) is 0. The van der Waals surface area contributed by atoms with Crippen molar-refractivity contribution in [2.24, 2.45) is 0 Å². The second-order valence-corrected chi connectivity index (χ2v) is 7.01. The van der Waals surface area contributed by atoms with E-state index in [1.165, 1.54) is 0 Å². The first-order valence-corrected chi connectivity index (χ1v) is 9.19. The molecule has 5 nitrogen and oxygen atoms in total. The van der Waals surface area contributed by atoms with Crippen molar-refractivity contribution in [3.05, 3.63) is 51.9 Å². The Kier molecular flexibility index (Phi) is 4.10. The van der Waals surface area contributed by atoms with Crippen LogP contribution in [0.15, 0.2) is 35.1 Å². The van der Waals surface area contributed by atoms with E-state index < -0.39 is 5.41 Å². The van der Waals surface area contributed by atoms with Gasteiger partial charge in [0, 0.05) is 18.3 Å². The zero-order valence-corrected chi connectivity index (χ0v) is 15.2. The molecule has 0 radical (unpaired) electrons. The summed E-state index contributed by atoms with van der Waals surface area (Å²) in [5.74, 6) is 0.596. The molecular weight excluding hydrogens is 330 g/mol. The van der Waals surface area contributed by atoms with Crippen molar-refractivity contribution in [3.63, 3.8) is 0 Å². The lowest BCUT2D eigenvalue weighted by atomic mass is 9.78. The largest absolute Gasteiger partial charge is 0.497 e. The van der Waals surface area contributed by atoms with Gasteiger partial charge in [-0.05, 0) is 61.4 Å². The van der Waals surface area contributed by atoms with Crippen molar-refractivity contribution in [3.8, 4) is 16.9 Å². The minimum absolute atomic E-state index is 0.0372. The Balaban J connectivity index is 1.91. The molecule has 1 aromatic carbocycles. The smallest absolute Gasteiger partial charge is 0.318 e. The van der Waals surface area contributed by atoms with Crippen LogP contribution < -0.4 is 10.3 Å². The fraction of sp³-hybridized carbons (Fsp3) is 0.429. The maximum atomic E-state index is 12.8. The molecule has 1 aromatic heterocycles. The van der Waals surface area contributed by atoms with Gasteiger partial charge < -0.3 is 14.0 Å².